The number of amides is 3. The predicted molar refractivity (Wildman–Crippen MR) is 81.3 cm³/mol. The summed E-state index contributed by atoms with van der Waals surface area (Å²) in [6.07, 6.45) is 4.19. The summed E-state index contributed by atoms with van der Waals surface area (Å²) >= 11 is 5.92. The van der Waals surface area contributed by atoms with Crippen LogP contribution in [0.2, 0.25) is 5.02 Å². The van der Waals surface area contributed by atoms with Crippen LogP contribution in [-0.2, 0) is 11.3 Å². The zero-order valence-electron chi connectivity index (χ0n) is 11.8. The zero-order chi connectivity index (χ0) is 15.7. The molecule has 7 nitrogen and oxygen atoms in total. The SMILES string of the molecule is NC(=O)[C@@H]1CCN(C(=O)NCc2cn3cc(Cl)ccc3n2)C1. The molecule has 1 aliphatic rings. The van der Waals surface area contributed by atoms with Crippen LogP contribution in [0, 0.1) is 5.92 Å². The van der Waals surface area contributed by atoms with Crippen molar-refractivity contribution in [3.8, 4) is 0 Å². The summed E-state index contributed by atoms with van der Waals surface area (Å²) < 4.78 is 1.81. The van der Waals surface area contributed by atoms with Crippen molar-refractivity contribution in [3.05, 3.63) is 35.2 Å². The van der Waals surface area contributed by atoms with Crippen LogP contribution < -0.4 is 11.1 Å². The monoisotopic (exact) mass is 321 g/mol. The Labute approximate surface area is 132 Å². The van der Waals surface area contributed by atoms with E-state index in [0.29, 0.717) is 31.1 Å². The normalized spacial score (nSPS) is 17.9. The highest BCUT2D eigenvalue weighted by molar-refractivity contribution is 6.30. The lowest BCUT2D eigenvalue weighted by Crippen LogP contribution is -2.39. The molecule has 0 bridgehead atoms. The van der Waals surface area contributed by atoms with Gasteiger partial charge in [-0.2, -0.15) is 0 Å². The lowest BCUT2D eigenvalue weighted by atomic mass is 10.1. The number of nitrogens with zero attached hydrogens (tertiary/aromatic N) is 3. The van der Waals surface area contributed by atoms with E-state index in [1.165, 1.54) is 0 Å². The second-order valence-electron chi connectivity index (χ2n) is 5.34. The van der Waals surface area contributed by atoms with E-state index in [1.54, 1.807) is 17.2 Å². The number of nitrogens with one attached hydrogen (secondary N) is 1. The van der Waals surface area contributed by atoms with E-state index in [9.17, 15) is 9.59 Å². The van der Waals surface area contributed by atoms with E-state index in [4.69, 9.17) is 17.3 Å². The van der Waals surface area contributed by atoms with Gasteiger partial charge in [-0.25, -0.2) is 9.78 Å². The molecule has 1 aliphatic heterocycles. The highest BCUT2D eigenvalue weighted by atomic mass is 35.5. The molecule has 0 radical (unpaired) electrons. The van der Waals surface area contributed by atoms with Gasteiger partial charge in [0.05, 0.1) is 23.2 Å². The Morgan fingerprint density at radius 3 is 2.95 bits per heavy atom. The highest BCUT2D eigenvalue weighted by Crippen LogP contribution is 2.16. The van der Waals surface area contributed by atoms with Crippen molar-refractivity contribution >= 4 is 29.2 Å². The Morgan fingerprint density at radius 1 is 1.41 bits per heavy atom. The third kappa shape index (κ3) is 2.99. The number of pyridine rings is 1. The van der Waals surface area contributed by atoms with E-state index in [-0.39, 0.29) is 17.9 Å². The number of likely N-dealkylation sites (tertiary alicyclic amines) is 1. The molecule has 22 heavy (non-hydrogen) atoms. The summed E-state index contributed by atoms with van der Waals surface area (Å²) in [5.74, 6) is -0.601. The number of imidazole rings is 1. The minimum atomic E-state index is -0.354. The van der Waals surface area contributed by atoms with Crippen LogP contribution in [0.25, 0.3) is 5.65 Å². The quantitative estimate of drug-likeness (QED) is 0.883. The number of nitrogens with two attached hydrogens (primary N) is 1. The average molecular weight is 322 g/mol. The second-order valence-corrected chi connectivity index (χ2v) is 5.77. The van der Waals surface area contributed by atoms with Gasteiger partial charge < -0.3 is 20.4 Å². The number of hydrogen-bond acceptors (Lipinski definition) is 3. The predicted octanol–water partition coefficient (Wildman–Crippen LogP) is 1.00. The number of aromatic nitrogens is 2. The zero-order valence-corrected chi connectivity index (χ0v) is 12.6. The molecule has 0 spiro atoms. The molecule has 3 heterocycles. The van der Waals surface area contributed by atoms with Gasteiger partial charge in [0.25, 0.3) is 0 Å². The first-order valence-electron chi connectivity index (χ1n) is 6.98. The van der Waals surface area contributed by atoms with Gasteiger partial charge in [0.15, 0.2) is 0 Å². The molecule has 1 fully saturated rings. The molecule has 3 amide bonds. The van der Waals surface area contributed by atoms with E-state index in [2.05, 4.69) is 10.3 Å². The van der Waals surface area contributed by atoms with Crippen LogP contribution in [0.5, 0.6) is 0 Å². The molecule has 3 rings (SSSR count). The summed E-state index contributed by atoms with van der Waals surface area (Å²) in [4.78, 5) is 29.2. The van der Waals surface area contributed by atoms with E-state index in [0.717, 1.165) is 11.3 Å². The Balaban J connectivity index is 1.59. The van der Waals surface area contributed by atoms with Gasteiger partial charge >= 0.3 is 6.03 Å². The topological polar surface area (TPSA) is 92.7 Å². The molecule has 8 heteroatoms. The van der Waals surface area contributed by atoms with Crippen LogP contribution in [0.3, 0.4) is 0 Å². The van der Waals surface area contributed by atoms with Crippen molar-refractivity contribution in [2.24, 2.45) is 11.7 Å². The number of carbonyl (C=O) groups is 2. The van der Waals surface area contributed by atoms with Gasteiger partial charge in [0.2, 0.25) is 5.91 Å². The third-order valence-electron chi connectivity index (χ3n) is 3.76. The molecule has 1 saturated heterocycles. The Kier molecular flexibility index (Phi) is 3.89. The molecule has 0 unspecified atom stereocenters. The van der Waals surface area contributed by atoms with Crippen LogP contribution >= 0.6 is 11.6 Å². The fraction of sp³-hybridized carbons (Fsp3) is 0.357. The minimum Gasteiger partial charge on any atom is -0.369 e. The van der Waals surface area contributed by atoms with Crippen molar-refractivity contribution in [3.63, 3.8) is 0 Å². The number of fused-ring (bicyclic) bond motifs is 1. The molecule has 3 N–H and O–H groups in total. The van der Waals surface area contributed by atoms with Gasteiger partial charge in [0, 0.05) is 25.5 Å². The van der Waals surface area contributed by atoms with Gasteiger partial charge in [-0.05, 0) is 18.6 Å². The fourth-order valence-electron chi connectivity index (χ4n) is 2.56. The third-order valence-corrected chi connectivity index (χ3v) is 3.99. The minimum absolute atomic E-state index is 0.209. The summed E-state index contributed by atoms with van der Waals surface area (Å²) in [5, 5.41) is 3.42. The number of halogens is 1. The van der Waals surface area contributed by atoms with Gasteiger partial charge in [-0.1, -0.05) is 11.6 Å². The average Bonchev–Trinajstić information content (AvgIpc) is 3.10. The maximum Gasteiger partial charge on any atom is 0.317 e. The van der Waals surface area contributed by atoms with Crippen LogP contribution in [0.4, 0.5) is 4.79 Å². The van der Waals surface area contributed by atoms with E-state index in [1.807, 2.05) is 16.7 Å². The second kappa shape index (κ2) is 5.84. The van der Waals surface area contributed by atoms with Crippen molar-refractivity contribution < 1.29 is 9.59 Å². The number of primary amides is 1. The largest absolute Gasteiger partial charge is 0.369 e. The molecule has 0 aliphatic carbocycles. The van der Waals surface area contributed by atoms with Crippen molar-refractivity contribution in [1.29, 1.82) is 0 Å². The lowest BCUT2D eigenvalue weighted by Gasteiger charge is -2.16. The highest BCUT2D eigenvalue weighted by Gasteiger charge is 2.29. The summed E-state index contributed by atoms with van der Waals surface area (Å²) in [7, 11) is 0. The van der Waals surface area contributed by atoms with Crippen molar-refractivity contribution in [1.82, 2.24) is 19.6 Å². The first kappa shape index (κ1) is 14.6. The molecule has 0 aromatic carbocycles. The molecule has 116 valence electrons. The Bertz CT molecular complexity index is 729. The summed E-state index contributed by atoms with van der Waals surface area (Å²) in [6, 6.07) is 3.37. The first-order valence-corrected chi connectivity index (χ1v) is 7.36. The lowest BCUT2D eigenvalue weighted by molar-refractivity contribution is -0.121. The number of urea groups is 1. The molecule has 2 aromatic heterocycles. The Morgan fingerprint density at radius 2 is 2.23 bits per heavy atom. The van der Waals surface area contributed by atoms with Crippen LogP contribution in [0.15, 0.2) is 24.5 Å². The smallest absolute Gasteiger partial charge is 0.317 e. The first-order chi connectivity index (χ1) is 10.5. The van der Waals surface area contributed by atoms with Crippen LogP contribution in [0.1, 0.15) is 12.1 Å². The van der Waals surface area contributed by atoms with E-state index < -0.39 is 0 Å². The van der Waals surface area contributed by atoms with Crippen molar-refractivity contribution in [2.75, 3.05) is 13.1 Å². The fourth-order valence-corrected chi connectivity index (χ4v) is 2.73. The van der Waals surface area contributed by atoms with Gasteiger partial charge in [-0.15, -0.1) is 0 Å². The molecule has 0 saturated carbocycles. The Hall–Kier alpha value is -2.28. The number of hydrogen-bond donors (Lipinski definition) is 2. The summed E-state index contributed by atoms with van der Waals surface area (Å²) in [5.41, 5.74) is 6.76. The molecule has 2 aromatic rings. The maximum atomic E-state index is 12.1. The van der Waals surface area contributed by atoms with Gasteiger partial charge in [0.1, 0.15) is 5.65 Å². The number of rotatable bonds is 3. The van der Waals surface area contributed by atoms with E-state index >= 15 is 0 Å². The summed E-state index contributed by atoms with van der Waals surface area (Å²) in [6.45, 7) is 1.23. The molecular formula is C14H16ClN5O2. The maximum absolute atomic E-state index is 12.1. The molecular weight excluding hydrogens is 306 g/mol. The standard InChI is InChI=1S/C14H16ClN5O2/c15-10-1-2-12-18-11(8-20(12)7-10)5-17-14(22)19-4-3-9(6-19)13(16)21/h1-2,7-9H,3-6H2,(H2,16,21)(H,17,22)/t9-/m1/s1. The van der Waals surface area contributed by atoms with Gasteiger partial charge in [-0.3, -0.25) is 4.79 Å². The van der Waals surface area contributed by atoms with Crippen LogP contribution in [-0.4, -0.2) is 39.3 Å². The van der Waals surface area contributed by atoms with Crippen molar-refractivity contribution in [2.45, 2.75) is 13.0 Å². The number of carbonyl (C=O) groups excluding carboxylic acids is 2. The molecule has 1 atom stereocenters.